The van der Waals surface area contributed by atoms with E-state index >= 15 is 0 Å². The molecule has 1 aromatic heterocycles. The third-order valence-electron chi connectivity index (χ3n) is 5.98. The highest BCUT2D eigenvalue weighted by Crippen LogP contribution is 2.29. The van der Waals surface area contributed by atoms with Gasteiger partial charge in [-0.3, -0.25) is 0 Å². The maximum atomic E-state index is 12.7. The molecule has 5 rings (SSSR count). The number of nitrogens with one attached hydrogen (secondary N) is 2. The van der Waals surface area contributed by atoms with Crippen LogP contribution in [0.2, 0.25) is 0 Å². The fourth-order valence-corrected chi connectivity index (χ4v) is 4.69. The molecule has 1 saturated heterocycles. The Morgan fingerprint density at radius 3 is 2.50 bits per heavy atom. The van der Waals surface area contributed by atoms with Crippen LogP contribution in [0.3, 0.4) is 0 Å². The Kier molecular flexibility index (Phi) is 9.01. The summed E-state index contributed by atoms with van der Waals surface area (Å²) in [7, 11) is 0. The number of carbonyl (C=O) groups excluding carboxylic acids is 1. The average molecular weight is 649 g/mol. The van der Waals surface area contributed by atoms with E-state index < -0.39 is 5.97 Å². The van der Waals surface area contributed by atoms with Crippen molar-refractivity contribution in [3.63, 3.8) is 0 Å². The number of halogens is 1. The van der Waals surface area contributed by atoms with Crippen molar-refractivity contribution in [1.82, 2.24) is 15.0 Å². The SMILES string of the molecule is CCOc1cc(C=NNc2nc(Nc3ccccc3)nc(N3CCCC3)n2)ccc1OC(=O)c1ccccc1I. The Bertz CT molecular complexity index is 1490. The Morgan fingerprint density at radius 1 is 0.975 bits per heavy atom. The highest BCUT2D eigenvalue weighted by atomic mass is 127. The van der Waals surface area contributed by atoms with E-state index in [4.69, 9.17) is 9.47 Å². The van der Waals surface area contributed by atoms with Gasteiger partial charge in [0.1, 0.15) is 0 Å². The van der Waals surface area contributed by atoms with Crippen molar-refractivity contribution in [2.45, 2.75) is 19.8 Å². The summed E-state index contributed by atoms with van der Waals surface area (Å²) >= 11 is 2.11. The standard InChI is InChI=1S/C29H28IN7O3/c1-2-39-25-18-20(14-15-24(25)40-26(38)22-12-6-7-13-23(22)30)19-31-36-28-33-27(32-21-10-4-3-5-11-21)34-29(35-28)37-16-8-9-17-37/h3-7,10-15,18-19H,2,8-9,16-17H2,1H3,(H2,32,33,34,35,36). The predicted molar refractivity (Wildman–Crippen MR) is 164 cm³/mol. The molecule has 0 saturated carbocycles. The first-order valence-corrected chi connectivity index (χ1v) is 14.0. The van der Waals surface area contributed by atoms with E-state index in [0.717, 1.165) is 40.8 Å². The topological polar surface area (TPSA) is 114 Å². The molecule has 0 bridgehead atoms. The molecule has 2 N–H and O–H groups in total. The van der Waals surface area contributed by atoms with Gasteiger partial charge in [-0.25, -0.2) is 10.2 Å². The smallest absolute Gasteiger partial charge is 0.344 e. The fourth-order valence-electron chi connectivity index (χ4n) is 4.08. The summed E-state index contributed by atoms with van der Waals surface area (Å²) in [5, 5.41) is 7.58. The molecule has 204 valence electrons. The number of hydrogen-bond donors (Lipinski definition) is 2. The van der Waals surface area contributed by atoms with Crippen LogP contribution in [-0.2, 0) is 0 Å². The van der Waals surface area contributed by atoms with Gasteiger partial charge >= 0.3 is 5.97 Å². The van der Waals surface area contributed by atoms with E-state index in [2.05, 4.69) is 58.3 Å². The number of carbonyl (C=O) groups is 1. The van der Waals surface area contributed by atoms with E-state index in [1.54, 1.807) is 36.5 Å². The molecule has 11 heteroatoms. The van der Waals surface area contributed by atoms with Crippen LogP contribution < -0.4 is 25.1 Å². The number of esters is 1. The number of nitrogens with zero attached hydrogens (tertiary/aromatic N) is 5. The van der Waals surface area contributed by atoms with Crippen molar-refractivity contribution >= 4 is 58.3 Å². The Hall–Kier alpha value is -4.26. The number of benzene rings is 3. The van der Waals surface area contributed by atoms with E-state index in [0.29, 0.717) is 41.5 Å². The zero-order valence-corrected chi connectivity index (χ0v) is 24.0. The normalized spacial score (nSPS) is 12.9. The largest absolute Gasteiger partial charge is 0.490 e. The second-order valence-corrected chi connectivity index (χ2v) is 10.0. The number of hydrazone groups is 1. The quantitative estimate of drug-likeness (QED) is 0.0715. The van der Waals surface area contributed by atoms with Gasteiger partial charge < -0.3 is 19.7 Å². The van der Waals surface area contributed by atoms with Crippen LogP contribution in [0.5, 0.6) is 11.5 Å². The molecule has 0 spiro atoms. The van der Waals surface area contributed by atoms with E-state index in [-0.39, 0.29) is 0 Å². The summed E-state index contributed by atoms with van der Waals surface area (Å²) < 4.78 is 12.2. The minimum Gasteiger partial charge on any atom is -0.490 e. The summed E-state index contributed by atoms with van der Waals surface area (Å²) in [5.41, 5.74) is 5.03. The van der Waals surface area contributed by atoms with Crippen LogP contribution in [-0.4, -0.2) is 46.8 Å². The zero-order chi connectivity index (χ0) is 27.7. The minimum absolute atomic E-state index is 0.319. The maximum absolute atomic E-state index is 12.7. The summed E-state index contributed by atoms with van der Waals surface area (Å²) in [6.07, 6.45) is 3.83. The lowest BCUT2D eigenvalue weighted by Gasteiger charge is -2.16. The van der Waals surface area contributed by atoms with Crippen molar-refractivity contribution in [2.75, 3.05) is 35.3 Å². The number of para-hydroxylation sites is 1. The first-order chi connectivity index (χ1) is 19.6. The minimum atomic E-state index is -0.447. The molecule has 0 aliphatic carbocycles. The summed E-state index contributed by atoms with van der Waals surface area (Å²) in [6, 6.07) is 22.2. The van der Waals surface area contributed by atoms with Crippen molar-refractivity contribution < 1.29 is 14.3 Å². The van der Waals surface area contributed by atoms with Gasteiger partial charge in [0.15, 0.2) is 11.5 Å². The Balaban J connectivity index is 1.32. The molecular formula is C29H28IN7O3. The van der Waals surface area contributed by atoms with Gasteiger partial charge in [0, 0.05) is 22.3 Å². The Labute approximate surface area is 246 Å². The molecule has 1 aliphatic rings. The molecule has 1 fully saturated rings. The lowest BCUT2D eigenvalue weighted by atomic mass is 10.2. The summed E-state index contributed by atoms with van der Waals surface area (Å²) in [6.45, 7) is 4.08. The van der Waals surface area contributed by atoms with Gasteiger partial charge in [0.05, 0.1) is 18.4 Å². The first kappa shape index (κ1) is 27.3. The van der Waals surface area contributed by atoms with Crippen molar-refractivity contribution in [1.29, 1.82) is 0 Å². The summed E-state index contributed by atoms with van der Waals surface area (Å²) in [4.78, 5) is 28.5. The van der Waals surface area contributed by atoms with Crippen LogP contribution in [0.4, 0.5) is 23.5 Å². The van der Waals surface area contributed by atoms with Gasteiger partial charge in [-0.2, -0.15) is 20.1 Å². The third kappa shape index (κ3) is 7.03. The van der Waals surface area contributed by atoms with Gasteiger partial charge in [-0.1, -0.05) is 30.3 Å². The van der Waals surface area contributed by atoms with Crippen molar-refractivity contribution in [2.24, 2.45) is 5.10 Å². The molecule has 40 heavy (non-hydrogen) atoms. The molecule has 10 nitrogen and oxygen atoms in total. The van der Waals surface area contributed by atoms with Crippen molar-refractivity contribution in [3.8, 4) is 11.5 Å². The van der Waals surface area contributed by atoms with Crippen LogP contribution >= 0.6 is 22.6 Å². The van der Waals surface area contributed by atoms with Crippen molar-refractivity contribution in [3.05, 3.63) is 87.5 Å². The molecule has 0 amide bonds. The molecule has 0 unspecified atom stereocenters. The number of rotatable bonds is 10. The second-order valence-electron chi connectivity index (χ2n) is 8.85. The highest BCUT2D eigenvalue weighted by molar-refractivity contribution is 14.1. The second kappa shape index (κ2) is 13.2. The molecule has 3 aromatic carbocycles. The number of hydrogen-bond acceptors (Lipinski definition) is 10. The number of anilines is 4. The zero-order valence-electron chi connectivity index (χ0n) is 21.9. The van der Waals surface area contributed by atoms with E-state index in [9.17, 15) is 4.79 Å². The van der Waals surface area contributed by atoms with Gasteiger partial charge in [-0.15, -0.1) is 0 Å². The van der Waals surface area contributed by atoms with E-state index in [1.807, 2.05) is 49.4 Å². The molecule has 2 heterocycles. The van der Waals surface area contributed by atoms with Crippen LogP contribution in [0.1, 0.15) is 35.7 Å². The highest BCUT2D eigenvalue weighted by Gasteiger charge is 2.18. The molecular weight excluding hydrogens is 621 g/mol. The average Bonchev–Trinajstić information content (AvgIpc) is 3.51. The monoisotopic (exact) mass is 649 g/mol. The number of ether oxygens (including phenoxy) is 2. The lowest BCUT2D eigenvalue weighted by Crippen LogP contribution is -2.21. The maximum Gasteiger partial charge on any atom is 0.344 e. The van der Waals surface area contributed by atoms with Crippen LogP contribution in [0, 0.1) is 3.57 Å². The first-order valence-electron chi connectivity index (χ1n) is 12.9. The van der Waals surface area contributed by atoms with Crippen LogP contribution in [0.25, 0.3) is 0 Å². The van der Waals surface area contributed by atoms with Gasteiger partial charge in [0.25, 0.3) is 0 Å². The number of aromatic nitrogens is 3. The Morgan fingerprint density at radius 2 is 1.73 bits per heavy atom. The van der Waals surface area contributed by atoms with Crippen LogP contribution in [0.15, 0.2) is 77.9 Å². The lowest BCUT2D eigenvalue weighted by molar-refractivity contribution is 0.0727. The fraction of sp³-hybridized carbons (Fsp3) is 0.207. The van der Waals surface area contributed by atoms with Gasteiger partial charge in [-0.05, 0) is 90.4 Å². The molecule has 0 atom stereocenters. The third-order valence-corrected chi connectivity index (χ3v) is 6.93. The predicted octanol–water partition coefficient (Wildman–Crippen LogP) is 5.88. The summed E-state index contributed by atoms with van der Waals surface area (Å²) in [5.74, 6) is 1.68. The molecule has 1 aliphatic heterocycles. The molecule has 0 radical (unpaired) electrons. The van der Waals surface area contributed by atoms with Gasteiger partial charge in [0.2, 0.25) is 17.8 Å². The van der Waals surface area contributed by atoms with E-state index in [1.165, 1.54) is 0 Å². The molecule has 4 aromatic rings.